The Morgan fingerprint density at radius 3 is 2.73 bits per heavy atom. The molecule has 22 heavy (non-hydrogen) atoms. The van der Waals surface area contributed by atoms with Gasteiger partial charge in [0.05, 0.1) is 11.4 Å². The second-order valence-corrected chi connectivity index (χ2v) is 5.85. The molecule has 1 aromatic carbocycles. The highest BCUT2D eigenvalue weighted by Gasteiger charge is 2.33. The molecule has 1 amide bonds. The molecule has 0 saturated carbocycles. The van der Waals surface area contributed by atoms with Crippen molar-refractivity contribution in [1.29, 1.82) is 0 Å². The SMILES string of the molecule is CC1CN(C(=O)c2ccc3ccccc3n2)CCC1C(=O)O. The van der Waals surface area contributed by atoms with Gasteiger partial charge in [0.25, 0.3) is 5.91 Å². The van der Waals surface area contributed by atoms with Crippen LogP contribution in [0, 0.1) is 11.8 Å². The lowest BCUT2D eigenvalue weighted by Crippen LogP contribution is -2.45. The van der Waals surface area contributed by atoms with E-state index in [0.29, 0.717) is 25.2 Å². The number of fused-ring (bicyclic) bond motifs is 1. The van der Waals surface area contributed by atoms with E-state index in [0.717, 1.165) is 10.9 Å². The van der Waals surface area contributed by atoms with Gasteiger partial charge >= 0.3 is 5.97 Å². The molecule has 2 unspecified atom stereocenters. The van der Waals surface area contributed by atoms with Crippen LogP contribution in [-0.2, 0) is 4.79 Å². The lowest BCUT2D eigenvalue weighted by molar-refractivity contribution is -0.145. The molecule has 2 heterocycles. The number of carbonyl (C=O) groups excluding carboxylic acids is 1. The highest BCUT2D eigenvalue weighted by Crippen LogP contribution is 2.24. The molecule has 3 rings (SSSR count). The molecule has 1 N–H and O–H groups in total. The molecule has 1 fully saturated rings. The van der Waals surface area contributed by atoms with E-state index in [4.69, 9.17) is 5.11 Å². The standard InChI is InChI=1S/C17H18N2O3/c1-11-10-19(9-8-13(11)17(21)22)16(20)15-7-6-12-4-2-3-5-14(12)18-15/h2-7,11,13H,8-10H2,1H3,(H,21,22). The Morgan fingerprint density at radius 2 is 2.00 bits per heavy atom. The average molecular weight is 298 g/mol. The van der Waals surface area contributed by atoms with Crippen LogP contribution in [0.1, 0.15) is 23.8 Å². The van der Waals surface area contributed by atoms with Crippen molar-refractivity contribution in [3.05, 3.63) is 42.1 Å². The van der Waals surface area contributed by atoms with Crippen molar-refractivity contribution in [1.82, 2.24) is 9.88 Å². The number of carboxylic acids is 1. The van der Waals surface area contributed by atoms with Crippen molar-refractivity contribution in [2.24, 2.45) is 11.8 Å². The molecule has 5 nitrogen and oxygen atoms in total. The number of para-hydroxylation sites is 1. The highest BCUT2D eigenvalue weighted by molar-refractivity contribution is 5.95. The summed E-state index contributed by atoms with van der Waals surface area (Å²) in [6, 6.07) is 11.3. The molecule has 114 valence electrons. The van der Waals surface area contributed by atoms with Crippen molar-refractivity contribution in [2.45, 2.75) is 13.3 Å². The summed E-state index contributed by atoms with van der Waals surface area (Å²) in [5.41, 5.74) is 1.21. The van der Waals surface area contributed by atoms with Crippen LogP contribution in [0.3, 0.4) is 0 Å². The van der Waals surface area contributed by atoms with E-state index in [1.165, 1.54) is 0 Å². The number of rotatable bonds is 2. The average Bonchev–Trinajstić information content (AvgIpc) is 2.53. The van der Waals surface area contributed by atoms with Crippen LogP contribution in [-0.4, -0.2) is 40.0 Å². The molecule has 0 spiro atoms. The predicted molar refractivity (Wildman–Crippen MR) is 82.6 cm³/mol. The van der Waals surface area contributed by atoms with Gasteiger partial charge in [-0.2, -0.15) is 0 Å². The Bertz CT molecular complexity index is 729. The van der Waals surface area contributed by atoms with Crippen LogP contribution in [0.25, 0.3) is 10.9 Å². The second kappa shape index (κ2) is 5.75. The van der Waals surface area contributed by atoms with Gasteiger partial charge in [-0.15, -0.1) is 0 Å². The number of pyridine rings is 1. The van der Waals surface area contributed by atoms with E-state index < -0.39 is 5.97 Å². The molecule has 2 aromatic rings. The van der Waals surface area contributed by atoms with Crippen LogP contribution in [0.4, 0.5) is 0 Å². The van der Waals surface area contributed by atoms with Crippen LogP contribution in [0.15, 0.2) is 36.4 Å². The Morgan fingerprint density at radius 1 is 1.23 bits per heavy atom. The molecular formula is C17H18N2O3. The third-order valence-electron chi connectivity index (χ3n) is 4.33. The molecule has 0 aliphatic carbocycles. The molecular weight excluding hydrogens is 280 g/mol. The van der Waals surface area contributed by atoms with E-state index in [1.807, 2.05) is 37.3 Å². The zero-order chi connectivity index (χ0) is 15.7. The summed E-state index contributed by atoms with van der Waals surface area (Å²) in [4.78, 5) is 29.9. The fraction of sp³-hybridized carbons (Fsp3) is 0.353. The van der Waals surface area contributed by atoms with Crippen molar-refractivity contribution < 1.29 is 14.7 Å². The summed E-state index contributed by atoms with van der Waals surface area (Å²) in [6.07, 6.45) is 0.496. The van der Waals surface area contributed by atoms with Gasteiger partial charge in [-0.25, -0.2) is 4.98 Å². The first-order valence-corrected chi connectivity index (χ1v) is 7.44. The lowest BCUT2D eigenvalue weighted by Gasteiger charge is -2.34. The Hall–Kier alpha value is -2.43. The molecule has 1 aliphatic heterocycles. The third kappa shape index (κ3) is 2.66. The summed E-state index contributed by atoms with van der Waals surface area (Å²) in [7, 11) is 0. The topological polar surface area (TPSA) is 70.5 Å². The Labute approximate surface area is 128 Å². The Balaban J connectivity index is 1.80. The Kier molecular flexibility index (Phi) is 3.79. The normalized spacial score (nSPS) is 21.8. The number of benzene rings is 1. The van der Waals surface area contributed by atoms with Crippen LogP contribution >= 0.6 is 0 Å². The van der Waals surface area contributed by atoms with Gasteiger partial charge in [-0.1, -0.05) is 31.2 Å². The van der Waals surface area contributed by atoms with Gasteiger partial charge in [-0.05, 0) is 24.5 Å². The van der Waals surface area contributed by atoms with E-state index in [9.17, 15) is 9.59 Å². The molecule has 0 bridgehead atoms. The molecule has 1 aliphatic rings. The number of carbonyl (C=O) groups is 2. The minimum atomic E-state index is -0.775. The molecule has 0 radical (unpaired) electrons. The van der Waals surface area contributed by atoms with Gasteiger partial charge in [-0.3, -0.25) is 9.59 Å². The first-order chi connectivity index (χ1) is 10.6. The van der Waals surface area contributed by atoms with Crippen molar-refractivity contribution in [2.75, 3.05) is 13.1 Å². The van der Waals surface area contributed by atoms with Gasteiger partial charge in [0, 0.05) is 18.5 Å². The molecule has 5 heteroatoms. The quantitative estimate of drug-likeness (QED) is 0.924. The number of hydrogen-bond acceptors (Lipinski definition) is 3. The maximum absolute atomic E-state index is 12.6. The first kappa shape index (κ1) is 14.5. The van der Waals surface area contributed by atoms with Gasteiger partial charge < -0.3 is 10.0 Å². The second-order valence-electron chi connectivity index (χ2n) is 5.85. The monoisotopic (exact) mass is 298 g/mol. The third-order valence-corrected chi connectivity index (χ3v) is 4.33. The summed E-state index contributed by atoms with van der Waals surface area (Å²) >= 11 is 0. The predicted octanol–water partition coefficient (Wildman–Crippen LogP) is 2.42. The summed E-state index contributed by atoms with van der Waals surface area (Å²) < 4.78 is 0. The first-order valence-electron chi connectivity index (χ1n) is 7.44. The summed E-state index contributed by atoms with van der Waals surface area (Å²) in [5.74, 6) is -1.31. The number of carboxylic acid groups (broad SMARTS) is 1. The van der Waals surface area contributed by atoms with E-state index in [-0.39, 0.29) is 17.7 Å². The largest absolute Gasteiger partial charge is 0.481 e. The number of piperidine rings is 1. The van der Waals surface area contributed by atoms with Crippen molar-refractivity contribution >= 4 is 22.8 Å². The molecule has 1 aromatic heterocycles. The van der Waals surface area contributed by atoms with E-state index in [1.54, 1.807) is 11.0 Å². The van der Waals surface area contributed by atoms with Gasteiger partial charge in [0.1, 0.15) is 5.69 Å². The highest BCUT2D eigenvalue weighted by atomic mass is 16.4. The maximum Gasteiger partial charge on any atom is 0.306 e. The van der Waals surface area contributed by atoms with E-state index >= 15 is 0 Å². The summed E-state index contributed by atoms with van der Waals surface area (Å²) in [5, 5.41) is 10.2. The smallest absolute Gasteiger partial charge is 0.306 e. The number of aromatic nitrogens is 1. The van der Waals surface area contributed by atoms with Crippen molar-refractivity contribution in [3.63, 3.8) is 0 Å². The number of nitrogens with zero attached hydrogens (tertiary/aromatic N) is 2. The zero-order valence-electron chi connectivity index (χ0n) is 12.4. The zero-order valence-corrected chi connectivity index (χ0v) is 12.4. The lowest BCUT2D eigenvalue weighted by atomic mass is 9.87. The maximum atomic E-state index is 12.6. The number of hydrogen-bond donors (Lipinski definition) is 1. The molecule has 1 saturated heterocycles. The van der Waals surface area contributed by atoms with Gasteiger partial charge in [0.2, 0.25) is 0 Å². The molecule has 2 atom stereocenters. The number of likely N-dealkylation sites (tertiary alicyclic amines) is 1. The fourth-order valence-electron chi connectivity index (χ4n) is 3.04. The summed E-state index contributed by atoms with van der Waals surface area (Å²) in [6.45, 7) is 2.81. The van der Waals surface area contributed by atoms with Crippen LogP contribution < -0.4 is 0 Å². The fourth-order valence-corrected chi connectivity index (χ4v) is 3.04. The van der Waals surface area contributed by atoms with Gasteiger partial charge in [0.15, 0.2) is 0 Å². The van der Waals surface area contributed by atoms with Crippen LogP contribution in [0.2, 0.25) is 0 Å². The minimum Gasteiger partial charge on any atom is -0.481 e. The minimum absolute atomic E-state index is 0.0457. The van der Waals surface area contributed by atoms with E-state index in [2.05, 4.69) is 4.98 Å². The van der Waals surface area contributed by atoms with Crippen molar-refractivity contribution in [3.8, 4) is 0 Å². The number of aliphatic carboxylic acids is 1. The van der Waals surface area contributed by atoms with Crippen LogP contribution in [0.5, 0.6) is 0 Å². The number of amides is 1.